The maximum Gasteiger partial charge on any atom is 0.341 e. The zero-order valence-electron chi connectivity index (χ0n) is 15.3. The summed E-state index contributed by atoms with van der Waals surface area (Å²) in [6.45, 7) is 4.99. The Bertz CT molecular complexity index is 891. The first kappa shape index (κ1) is 17.9. The molecular weight excluding hydrogens is 324 g/mol. The fraction of sp³-hybridized carbons (Fsp3) is 0.273. The standard InChI is InChI=1S/C22H24N2O2/c1-3-17-11-8-12-18-20(17)24-15-19(22(25)26-4-2)21(18)23-14-13-16-9-6-5-7-10-16/h5-12,15H,3-4,13-14H2,1-2H3,(H,23,24). The molecule has 0 fully saturated rings. The minimum absolute atomic E-state index is 0.342. The zero-order chi connectivity index (χ0) is 18.4. The third-order valence-electron chi connectivity index (χ3n) is 4.42. The Morgan fingerprint density at radius 2 is 1.88 bits per heavy atom. The predicted octanol–water partition coefficient (Wildman–Crippen LogP) is 4.63. The smallest absolute Gasteiger partial charge is 0.341 e. The molecular formula is C22H24N2O2. The van der Waals surface area contributed by atoms with Gasteiger partial charge in [0.1, 0.15) is 5.56 Å². The molecule has 0 unspecified atom stereocenters. The van der Waals surface area contributed by atoms with Crippen LogP contribution in [0.25, 0.3) is 10.9 Å². The first-order valence-corrected chi connectivity index (χ1v) is 9.10. The highest BCUT2D eigenvalue weighted by atomic mass is 16.5. The number of anilines is 1. The Kier molecular flexibility index (Phi) is 5.84. The fourth-order valence-electron chi connectivity index (χ4n) is 3.10. The summed E-state index contributed by atoms with van der Waals surface area (Å²) in [5.41, 5.74) is 4.65. The van der Waals surface area contributed by atoms with Crippen LogP contribution in [0.2, 0.25) is 0 Å². The molecule has 1 N–H and O–H groups in total. The van der Waals surface area contributed by atoms with E-state index in [0.717, 1.165) is 36.0 Å². The number of nitrogens with one attached hydrogen (secondary N) is 1. The summed E-state index contributed by atoms with van der Waals surface area (Å²) in [6.07, 6.45) is 3.40. The molecule has 134 valence electrons. The fourth-order valence-corrected chi connectivity index (χ4v) is 3.10. The third kappa shape index (κ3) is 3.85. The van der Waals surface area contributed by atoms with Crippen LogP contribution in [0.5, 0.6) is 0 Å². The molecule has 2 aromatic carbocycles. The number of nitrogens with zero attached hydrogens (tertiary/aromatic N) is 1. The van der Waals surface area contributed by atoms with Crippen LogP contribution in [0.1, 0.15) is 35.3 Å². The van der Waals surface area contributed by atoms with E-state index in [4.69, 9.17) is 4.74 Å². The molecule has 4 heteroatoms. The summed E-state index contributed by atoms with van der Waals surface area (Å²) in [7, 11) is 0. The van der Waals surface area contributed by atoms with Crippen molar-refractivity contribution in [3.63, 3.8) is 0 Å². The number of rotatable bonds is 7. The summed E-state index contributed by atoms with van der Waals surface area (Å²) in [6, 6.07) is 16.4. The number of ether oxygens (including phenoxy) is 1. The summed E-state index contributed by atoms with van der Waals surface area (Å²) in [5.74, 6) is -0.342. The van der Waals surface area contributed by atoms with E-state index in [1.165, 1.54) is 11.1 Å². The minimum Gasteiger partial charge on any atom is -0.462 e. The van der Waals surface area contributed by atoms with Crippen LogP contribution in [0, 0.1) is 0 Å². The molecule has 0 saturated carbocycles. The molecule has 0 amide bonds. The first-order valence-electron chi connectivity index (χ1n) is 9.10. The number of carbonyl (C=O) groups is 1. The van der Waals surface area contributed by atoms with Crippen LogP contribution in [0.3, 0.4) is 0 Å². The second-order valence-electron chi connectivity index (χ2n) is 6.10. The Balaban J connectivity index is 1.95. The lowest BCUT2D eigenvalue weighted by molar-refractivity contribution is 0.0527. The van der Waals surface area contributed by atoms with Gasteiger partial charge in [0.25, 0.3) is 0 Å². The lowest BCUT2D eigenvalue weighted by atomic mass is 10.0. The summed E-state index contributed by atoms with van der Waals surface area (Å²) >= 11 is 0. The first-order chi connectivity index (χ1) is 12.7. The number of fused-ring (bicyclic) bond motifs is 1. The highest BCUT2D eigenvalue weighted by molar-refractivity contribution is 6.05. The molecule has 0 spiro atoms. The van der Waals surface area contributed by atoms with Gasteiger partial charge in [0, 0.05) is 18.1 Å². The number of hydrogen-bond donors (Lipinski definition) is 1. The lowest BCUT2D eigenvalue weighted by Crippen LogP contribution is -2.13. The van der Waals surface area contributed by atoms with E-state index in [1.54, 1.807) is 6.20 Å². The van der Waals surface area contributed by atoms with Gasteiger partial charge in [0.05, 0.1) is 17.8 Å². The van der Waals surface area contributed by atoms with E-state index in [-0.39, 0.29) is 5.97 Å². The van der Waals surface area contributed by atoms with E-state index in [2.05, 4.69) is 35.4 Å². The van der Waals surface area contributed by atoms with Crippen LogP contribution in [0.4, 0.5) is 5.69 Å². The number of benzene rings is 2. The van der Waals surface area contributed by atoms with E-state index in [1.807, 2.05) is 37.3 Å². The van der Waals surface area contributed by atoms with Crippen molar-refractivity contribution in [3.8, 4) is 0 Å². The largest absolute Gasteiger partial charge is 0.462 e. The molecule has 0 saturated heterocycles. The highest BCUT2D eigenvalue weighted by Crippen LogP contribution is 2.29. The summed E-state index contributed by atoms with van der Waals surface area (Å²) in [4.78, 5) is 16.9. The molecule has 1 aromatic heterocycles. The van der Waals surface area contributed by atoms with Gasteiger partial charge in [-0.2, -0.15) is 0 Å². The molecule has 0 aliphatic carbocycles. The van der Waals surface area contributed by atoms with Gasteiger partial charge in [-0.1, -0.05) is 55.5 Å². The normalized spacial score (nSPS) is 10.7. The molecule has 0 radical (unpaired) electrons. The van der Waals surface area contributed by atoms with Crippen LogP contribution >= 0.6 is 0 Å². The molecule has 0 aliphatic heterocycles. The highest BCUT2D eigenvalue weighted by Gasteiger charge is 2.17. The van der Waals surface area contributed by atoms with Crippen LogP contribution in [0.15, 0.2) is 54.7 Å². The van der Waals surface area contributed by atoms with E-state index >= 15 is 0 Å². The maximum atomic E-state index is 12.4. The molecule has 0 bridgehead atoms. The molecule has 3 aromatic rings. The van der Waals surface area contributed by atoms with Gasteiger partial charge in [0.15, 0.2) is 0 Å². The predicted molar refractivity (Wildman–Crippen MR) is 106 cm³/mol. The van der Waals surface area contributed by atoms with Crippen LogP contribution < -0.4 is 5.32 Å². The SMILES string of the molecule is CCOC(=O)c1cnc2c(CC)cccc2c1NCCc1ccccc1. The molecule has 1 heterocycles. The van der Waals surface area contributed by atoms with Crippen LogP contribution in [-0.2, 0) is 17.6 Å². The topological polar surface area (TPSA) is 51.2 Å². The molecule has 3 rings (SSSR count). The molecule has 4 nitrogen and oxygen atoms in total. The van der Waals surface area contributed by atoms with E-state index < -0.39 is 0 Å². The van der Waals surface area contributed by atoms with Gasteiger partial charge in [-0.25, -0.2) is 4.79 Å². The average Bonchev–Trinajstić information content (AvgIpc) is 2.68. The number of hydrogen-bond acceptors (Lipinski definition) is 4. The Morgan fingerprint density at radius 3 is 2.62 bits per heavy atom. The third-order valence-corrected chi connectivity index (χ3v) is 4.42. The van der Waals surface area contributed by atoms with Crippen molar-refractivity contribution < 1.29 is 9.53 Å². The second kappa shape index (κ2) is 8.48. The average molecular weight is 348 g/mol. The molecule has 0 atom stereocenters. The summed E-state index contributed by atoms with van der Waals surface area (Å²) in [5, 5.41) is 4.42. The Morgan fingerprint density at radius 1 is 1.08 bits per heavy atom. The number of carbonyl (C=O) groups excluding carboxylic acids is 1. The summed E-state index contributed by atoms with van der Waals surface area (Å²) < 4.78 is 5.22. The van der Waals surface area contributed by atoms with Crippen molar-refractivity contribution in [1.82, 2.24) is 4.98 Å². The lowest BCUT2D eigenvalue weighted by Gasteiger charge is -2.15. The van der Waals surface area contributed by atoms with Crippen molar-refractivity contribution in [1.29, 1.82) is 0 Å². The molecule has 0 aliphatic rings. The van der Waals surface area contributed by atoms with Crippen molar-refractivity contribution in [3.05, 3.63) is 71.4 Å². The quantitative estimate of drug-likeness (QED) is 0.633. The number of pyridine rings is 1. The molecule has 26 heavy (non-hydrogen) atoms. The Labute approximate surface area is 154 Å². The monoisotopic (exact) mass is 348 g/mol. The number of para-hydroxylation sites is 1. The van der Waals surface area contributed by atoms with Crippen LogP contribution in [-0.4, -0.2) is 24.1 Å². The maximum absolute atomic E-state index is 12.4. The van der Waals surface area contributed by atoms with Gasteiger partial charge in [-0.3, -0.25) is 4.98 Å². The van der Waals surface area contributed by atoms with Crippen molar-refractivity contribution in [2.24, 2.45) is 0 Å². The van der Waals surface area contributed by atoms with E-state index in [9.17, 15) is 4.79 Å². The van der Waals surface area contributed by atoms with Gasteiger partial charge in [-0.15, -0.1) is 0 Å². The second-order valence-corrected chi connectivity index (χ2v) is 6.10. The minimum atomic E-state index is -0.342. The van der Waals surface area contributed by atoms with Crippen molar-refractivity contribution in [2.75, 3.05) is 18.5 Å². The number of aryl methyl sites for hydroxylation is 1. The van der Waals surface area contributed by atoms with Crippen molar-refractivity contribution in [2.45, 2.75) is 26.7 Å². The van der Waals surface area contributed by atoms with E-state index in [0.29, 0.717) is 12.2 Å². The number of aromatic nitrogens is 1. The van der Waals surface area contributed by atoms with Gasteiger partial charge in [0.2, 0.25) is 0 Å². The Hall–Kier alpha value is -2.88. The van der Waals surface area contributed by atoms with Gasteiger partial charge >= 0.3 is 5.97 Å². The zero-order valence-corrected chi connectivity index (χ0v) is 15.3. The van der Waals surface area contributed by atoms with Gasteiger partial charge in [-0.05, 0) is 30.9 Å². The van der Waals surface area contributed by atoms with Crippen molar-refractivity contribution >= 4 is 22.6 Å². The van der Waals surface area contributed by atoms with Gasteiger partial charge < -0.3 is 10.1 Å². The number of esters is 1.